The normalized spacial score (nSPS) is 12.8. The summed E-state index contributed by atoms with van der Waals surface area (Å²) >= 11 is 0. The van der Waals surface area contributed by atoms with E-state index in [1.165, 1.54) is 167 Å². The van der Waals surface area contributed by atoms with E-state index in [4.69, 9.17) is 0 Å². The molecule has 0 saturated carbocycles. The maximum atomic E-state index is 2.58. The molecule has 0 aliphatic rings. The molecule has 0 radical (unpaired) electrons. The van der Waals surface area contributed by atoms with Gasteiger partial charge in [-0.25, -0.2) is 0 Å². The molecule has 2 nitrogen and oxygen atoms in total. The molecular formula is C85H76N2Si2. The fraction of sp³-hybridized carbons (Fsp3) is 0.176. The number of benzene rings is 13. The summed E-state index contributed by atoms with van der Waals surface area (Å²) in [7, 11) is -4.31. The van der Waals surface area contributed by atoms with Crippen molar-refractivity contribution in [2.45, 2.75) is 98.7 Å². The number of hydrogen-bond donors (Lipinski definition) is 0. The highest BCUT2D eigenvalue weighted by atomic mass is 28.3. The van der Waals surface area contributed by atoms with E-state index < -0.39 is 16.1 Å². The smallest absolute Gasteiger partial charge is 0.179 e. The molecule has 0 N–H and O–H groups in total. The number of aromatic nitrogens is 2. The molecule has 4 heterocycles. The van der Waals surface area contributed by atoms with Crippen molar-refractivity contribution in [3.05, 3.63) is 259 Å². The molecule has 0 amide bonds. The van der Waals surface area contributed by atoms with Crippen molar-refractivity contribution < 1.29 is 0 Å². The Hall–Kier alpha value is -9.07. The molecule has 4 aromatic heterocycles. The minimum atomic E-state index is -2.79. The van der Waals surface area contributed by atoms with Gasteiger partial charge in [0.2, 0.25) is 0 Å². The predicted octanol–water partition coefficient (Wildman–Crippen LogP) is 20.7. The van der Waals surface area contributed by atoms with Gasteiger partial charge in [0.05, 0.1) is 41.2 Å². The zero-order chi connectivity index (χ0) is 60.9. The summed E-state index contributed by atoms with van der Waals surface area (Å²) in [5.41, 5.74) is 13.5. The van der Waals surface area contributed by atoms with Crippen LogP contribution in [0.4, 0.5) is 0 Å². The lowest BCUT2D eigenvalue weighted by Crippen LogP contribution is -2.74. The second-order valence-corrected chi connectivity index (χ2v) is 37.0. The van der Waals surface area contributed by atoms with Gasteiger partial charge in [-0.3, -0.25) is 0 Å². The Morgan fingerprint density at radius 3 is 0.742 bits per heavy atom. The third-order valence-corrected chi connectivity index (χ3v) is 27.1. The minimum Gasteiger partial charge on any atom is -0.308 e. The van der Waals surface area contributed by atoms with Crippen LogP contribution in [0.15, 0.2) is 237 Å². The SMILES string of the molecule is CC(C)c1ccc2cc3c(cc2c1)c1cc([Si](C)(C)C)cc2c4cc5cc(C(C)C)ccc5cc4n3c12.CC(C)c1ccc2cc3c(cc2c1)c1cc([Si](c2ccccc2)(c2ccccc2)c2ccccc2)cc2c4cc5cc(C(C)C)ccc5cc4n3c12. The second kappa shape index (κ2) is 20.5. The van der Waals surface area contributed by atoms with E-state index in [-0.39, 0.29) is 0 Å². The van der Waals surface area contributed by atoms with Gasteiger partial charge in [0.15, 0.2) is 8.07 Å². The molecule has 0 aliphatic heterocycles. The predicted molar refractivity (Wildman–Crippen MR) is 395 cm³/mol. The lowest BCUT2D eigenvalue weighted by Gasteiger charge is -2.34. The van der Waals surface area contributed by atoms with Gasteiger partial charge < -0.3 is 8.80 Å². The summed E-state index contributed by atoms with van der Waals surface area (Å²) in [6.07, 6.45) is 0. The lowest BCUT2D eigenvalue weighted by atomic mass is 9.97. The monoisotopic (exact) mass is 1180 g/mol. The molecule has 4 heteroatoms. The highest BCUT2D eigenvalue weighted by Crippen LogP contribution is 2.45. The van der Waals surface area contributed by atoms with E-state index in [2.05, 4.69) is 320 Å². The van der Waals surface area contributed by atoms with Crippen molar-refractivity contribution in [2.24, 2.45) is 0 Å². The van der Waals surface area contributed by atoms with Gasteiger partial charge in [-0.2, -0.15) is 0 Å². The van der Waals surface area contributed by atoms with Gasteiger partial charge in [-0.1, -0.05) is 268 Å². The van der Waals surface area contributed by atoms with Crippen molar-refractivity contribution in [2.75, 3.05) is 0 Å². The number of fused-ring (bicyclic) bond motifs is 16. The minimum absolute atomic E-state index is 0.476. The Balaban J connectivity index is 0.000000151. The Morgan fingerprint density at radius 2 is 0.494 bits per heavy atom. The second-order valence-electron chi connectivity index (χ2n) is 28.1. The van der Waals surface area contributed by atoms with E-state index >= 15 is 0 Å². The number of rotatable bonds is 9. The summed E-state index contributed by atoms with van der Waals surface area (Å²) in [6.45, 7) is 25.7. The molecule has 0 bridgehead atoms. The van der Waals surface area contributed by atoms with Gasteiger partial charge in [-0.15, -0.1) is 0 Å². The highest BCUT2D eigenvalue weighted by Gasteiger charge is 2.42. The Labute approximate surface area is 524 Å². The topological polar surface area (TPSA) is 8.82 Å². The summed E-state index contributed by atoms with van der Waals surface area (Å²) in [5.74, 6) is 2.01. The first-order chi connectivity index (χ1) is 43.0. The largest absolute Gasteiger partial charge is 0.308 e. The van der Waals surface area contributed by atoms with Gasteiger partial charge in [0.25, 0.3) is 0 Å². The van der Waals surface area contributed by atoms with Crippen molar-refractivity contribution in [3.8, 4) is 0 Å². The molecule has 0 unspecified atom stereocenters. The van der Waals surface area contributed by atoms with Crippen LogP contribution in [0.1, 0.15) is 101 Å². The molecule has 0 atom stereocenters. The maximum absolute atomic E-state index is 2.79. The number of hydrogen-bond acceptors (Lipinski definition) is 0. The Bertz CT molecular complexity index is 5280. The van der Waals surface area contributed by atoms with E-state index in [9.17, 15) is 0 Å². The third kappa shape index (κ3) is 8.61. The first kappa shape index (κ1) is 55.3. The molecule has 17 rings (SSSR count). The average molecular weight is 1180 g/mol. The molecule has 13 aromatic carbocycles. The van der Waals surface area contributed by atoms with Crippen LogP contribution in [-0.2, 0) is 0 Å². The summed E-state index contributed by atoms with van der Waals surface area (Å²) in [5, 5.41) is 28.6. The molecule has 0 aliphatic carbocycles. The van der Waals surface area contributed by atoms with Crippen molar-refractivity contribution in [1.82, 2.24) is 8.80 Å². The summed E-state index contributed by atoms with van der Waals surface area (Å²) in [6, 6.07) is 91.9. The highest BCUT2D eigenvalue weighted by molar-refractivity contribution is 7.20. The molecular weight excluding hydrogens is 1110 g/mol. The van der Waals surface area contributed by atoms with Crippen LogP contribution < -0.4 is 25.9 Å². The molecule has 89 heavy (non-hydrogen) atoms. The standard InChI is InChI=1S/C50H41NSi.C35H35NSi/c1-32(2)34-20-22-36-28-48-44(26-38(36)24-34)46-30-43(31-47-45-27-39-25-35(33(3)4)21-23-37(39)29-49(45)51(48)50(46)47)52(40-14-8-5-9-15-40,41-16-10-6-11-17-41)42-18-12-7-13-19-42;1-20(2)22-8-10-24-16-33-29(14-26(24)12-22)31-18-28(37(5,6)7)19-32-30-15-27-13-23(21(3)4)9-11-25(27)17-34(30)36(33)35(31)32/h5-33H,1-4H3;8-21H,1-7H3. The van der Waals surface area contributed by atoms with Crippen LogP contribution >= 0.6 is 0 Å². The zero-order valence-corrected chi connectivity index (χ0v) is 55.2. The first-order valence-corrected chi connectivity index (χ1v) is 38.0. The van der Waals surface area contributed by atoms with Crippen LogP contribution in [0.2, 0.25) is 19.6 Å². The maximum Gasteiger partial charge on any atom is 0.179 e. The van der Waals surface area contributed by atoms with Crippen molar-refractivity contribution >= 4 is 161 Å². The fourth-order valence-electron chi connectivity index (χ4n) is 15.3. The zero-order valence-electron chi connectivity index (χ0n) is 53.2. The quantitative estimate of drug-likeness (QED) is 0.101. The molecule has 0 saturated heterocycles. The van der Waals surface area contributed by atoms with E-state index in [0.717, 1.165) is 0 Å². The van der Waals surface area contributed by atoms with Gasteiger partial charge in [0.1, 0.15) is 0 Å². The van der Waals surface area contributed by atoms with E-state index in [1.807, 2.05) is 0 Å². The Kier molecular flexibility index (Phi) is 12.7. The Morgan fingerprint density at radius 1 is 0.236 bits per heavy atom. The van der Waals surface area contributed by atoms with Crippen LogP contribution in [0.5, 0.6) is 0 Å². The molecule has 17 aromatic rings. The third-order valence-electron chi connectivity index (χ3n) is 20.3. The van der Waals surface area contributed by atoms with Crippen molar-refractivity contribution in [1.29, 1.82) is 0 Å². The lowest BCUT2D eigenvalue weighted by molar-refractivity contribution is 0.869. The van der Waals surface area contributed by atoms with Gasteiger partial charge in [-0.05, 0) is 158 Å². The molecule has 434 valence electrons. The number of nitrogens with zero attached hydrogens (tertiary/aromatic N) is 2. The summed E-state index contributed by atoms with van der Waals surface area (Å²) < 4.78 is 5.12. The van der Waals surface area contributed by atoms with Crippen molar-refractivity contribution in [3.63, 3.8) is 0 Å². The van der Waals surface area contributed by atoms with E-state index in [0.29, 0.717) is 23.7 Å². The first-order valence-electron chi connectivity index (χ1n) is 32.5. The van der Waals surface area contributed by atoms with Crippen LogP contribution in [0, 0.1) is 0 Å². The summed E-state index contributed by atoms with van der Waals surface area (Å²) in [4.78, 5) is 0. The fourth-order valence-corrected chi connectivity index (χ4v) is 21.2. The van der Waals surface area contributed by atoms with Crippen LogP contribution in [0.25, 0.3) is 119 Å². The van der Waals surface area contributed by atoms with E-state index in [1.54, 1.807) is 0 Å². The van der Waals surface area contributed by atoms with Gasteiger partial charge in [0, 0.05) is 43.1 Å². The average Bonchev–Trinajstić information content (AvgIpc) is 1.58. The van der Waals surface area contributed by atoms with Gasteiger partial charge >= 0.3 is 0 Å². The molecule has 0 fully saturated rings. The van der Waals surface area contributed by atoms with Crippen LogP contribution in [-0.4, -0.2) is 24.9 Å². The molecule has 0 spiro atoms. The van der Waals surface area contributed by atoms with Crippen LogP contribution in [0.3, 0.4) is 0 Å².